The van der Waals surface area contributed by atoms with Crippen molar-refractivity contribution in [2.24, 2.45) is 5.10 Å². The van der Waals surface area contributed by atoms with Crippen molar-refractivity contribution in [3.8, 4) is 5.75 Å². The van der Waals surface area contributed by atoms with Crippen LogP contribution in [0.4, 0.5) is 4.79 Å². The summed E-state index contributed by atoms with van der Waals surface area (Å²) in [6.07, 6.45) is 3.92. The molecule has 3 aromatic rings. The number of carbonyl (C=O) groups excluding carboxylic acids is 1. The molecule has 0 saturated carbocycles. The number of hydrogen-bond acceptors (Lipinski definition) is 4. The van der Waals surface area contributed by atoms with E-state index in [-0.39, 0.29) is 0 Å². The molecule has 1 N–H and O–H groups in total. The van der Waals surface area contributed by atoms with E-state index in [1.165, 1.54) is 0 Å². The van der Waals surface area contributed by atoms with E-state index in [2.05, 4.69) is 21.2 Å². The molecule has 146 valence electrons. The van der Waals surface area contributed by atoms with E-state index in [4.69, 9.17) is 21.1 Å². The van der Waals surface area contributed by atoms with Gasteiger partial charge in [-0.25, -0.2) is 10.2 Å². The van der Waals surface area contributed by atoms with E-state index in [1.54, 1.807) is 13.1 Å². The third-order valence-corrected chi connectivity index (χ3v) is 4.33. The summed E-state index contributed by atoms with van der Waals surface area (Å²) < 4.78 is 12.7. The normalized spacial score (nSPS) is 11.1. The third kappa shape index (κ3) is 5.27. The van der Waals surface area contributed by atoms with Crippen LogP contribution in [0, 0.1) is 0 Å². The fourth-order valence-electron chi connectivity index (χ4n) is 2.84. The molecule has 0 spiro atoms. The van der Waals surface area contributed by atoms with E-state index in [9.17, 15) is 4.79 Å². The predicted molar refractivity (Wildman–Crippen MR) is 111 cm³/mol. The lowest BCUT2D eigenvalue weighted by Gasteiger charge is -2.08. The first kappa shape index (κ1) is 19.8. The number of aromatic nitrogens is 1. The largest absolute Gasteiger partial charge is 0.494 e. The number of rotatable bonds is 8. The summed E-state index contributed by atoms with van der Waals surface area (Å²) in [6, 6.07) is 15.4. The van der Waals surface area contributed by atoms with Crippen LogP contribution >= 0.6 is 11.6 Å². The van der Waals surface area contributed by atoms with Crippen LogP contribution in [0.2, 0.25) is 5.02 Å². The smallest absolute Gasteiger partial charge is 0.427 e. The van der Waals surface area contributed by atoms with Gasteiger partial charge < -0.3 is 14.0 Å². The van der Waals surface area contributed by atoms with E-state index in [1.807, 2.05) is 48.7 Å². The van der Waals surface area contributed by atoms with Gasteiger partial charge in [0.05, 0.1) is 19.4 Å². The molecule has 7 heteroatoms. The number of aryl methyl sites for hydroxylation is 1. The zero-order valence-corrected chi connectivity index (χ0v) is 16.4. The van der Waals surface area contributed by atoms with Gasteiger partial charge >= 0.3 is 6.09 Å². The van der Waals surface area contributed by atoms with Gasteiger partial charge in [-0.2, -0.15) is 5.10 Å². The lowest BCUT2D eigenvalue weighted by Crippen LogP contribution is -2.18. The van der Waals surface area contributed by atoms with Crippen LogP contribution in [0.25, 0.3) is 10.9 Å². The van der Waals surface area contributed by atoms with Crippen molar-refractivity contribution in [3.05, 3.63) is 65.3 Å². The molecule has 0 atom stereocenters. The first-order chi connectivity index (χ1) is 13.7. The molecule has 0 saturated heterocycles. The number of hydrogen-bond donors (Lipinski definition) is 1. The standard InChI is InChI=1S/C21H22ClN3O3/c1-2-27-21(26)24-23-14-16-15-25(20-7-4-3-6-19(16)20)12-5-13-28-18-10-8-17(22)9-11-18/h3-4,6-11,14-15H,2,5,12-13H2,1H3,(H,24,26)/b23-14+. The van der Waals surface area contributed by atoms with Crippen molar-refractivity contribution in [3.63, 3.8) is 0 Å². The minimum atomic E-state index is -0.568. The number of hydrazone groups is 1. The lowest BCUT2D eigenvalue weighted by molar-refractivity contribution is 0.152. The summed E-state index contributed by atoms with van der Waals surface area (Å²) >= 11 is 5.88. The molecule has 0 radical (unpaired) electrons. The van der Waals surface area contributed by atoms with Crippen molar-refractivity contribution in [1.29, 1.82) is 0 Å². The van der Waals surface area contributed by atoms with Crippen LogP contribution in [0.15, 0.2) is 59.8 Å². The van der Waals surface area contributed by atoms with Crippen LogP contribution in [0.3, 0.4) is 0 Å². The molecule has 3 rings (SSSR count). The molecule has 0 unspecified atom stereocenters. The number of nitrogens with zero attached hydrogens (tertiary/aromatic N) is 2. The second-order valence-corrected chi connectivity index (χ2v) is 6.48. The van der Waals surface area contributed by atoms with Gasteiger partial charge in [0, 0.05) is 34.2 Å². The Hall–Kier alpha value is -2.99. The summed E-state index contributed by atoms with van der Waals surface area (Å²) in [5, 5.41) is 5.73. The number of ether oxygens (including phenoxy) is 2. The van der Waals surface area contributed by atoms with Gasteiger partial charge in [-0.05, 0) is 43.7 Å². The van der Waals surface area contributed by atoms with Crippen molar-refractivity contribution >= 4 is 34.8 Å². The lowest BCUT2D eigenvalue weighted by atomic mass is 10.2. The molecule has 28 heavy (non-hydrogen) atoms. The van der Waals surface area contributed by atoms with Gasteiger partial charge in [0.25, 0.3) is 0 Å². The number of nitrogens with one attached hydrogen (secondary N) is 1. The van der Waals surface area contributed by atoms with Crippen LogP contribution in [0.1, 0.15) is 18.9 Å². The quantitative estimate of drug-likeness (QED) is 0.334. The maximum atomic E-state index is 11.3. The third-order valence-electron chi connectivity index (χ3n) is 4.08. The molecule has 2 aromatic carbocycles. The maximum Gasteiger partial charge on any atom is 0.427 e. The van der Waals surface area contributed by atoms with Gasteiger partial charge in [-0.15, -0.1) is 0 Å². The topological polar surface area (TPSA) is 64.8 Å². The van der Waals surface area contributed by atoms with Crippen molar-refractivity contribution < 1.29 is 14.3 Å². The number of halogens is 1. The number of amides is 1. The Kier molecular flexibility index (Phi) is 6.92. The average Bonchev–Trinajstić information content (AvgIpc) is 3.05. The number of benzene rings is 2. The number of carbonyl (C=O) groups is 1. The van der Waals surface area contributed by atoms with Crippen molar-refractivity contribution in [1.82, 2.24) is 9.99 Å². The zero-order chi connectivity index (χ0) is 19.8. The second kappa shape index (κ2) is 9.80. The first-order valence-corrected chi connectivity index (χ1v) is 9.47. The molecule has 6 nitrogen and oxygen atoms in total. The number of para-hydroxylation sites is 1. The van der Waals surface area contributed by atoms with E-state index in [0.717, 1.165) is 35.2 Å². The number of fused-ring (bicyclic) bond motifs is 1. The molecule has 0 fully saturated rings. The van der Waals surface area contributed by atoms with E-state index < -0.39 is 6.09 Å². The highest BCUT2D eigenvalue weighted by atomic mass is 35.5. The molecule has 1 aromatic heterocycles. The summed E-state index contributed by atoms with van der Waals surface area (Å²) in [6.45, 7) is 3.45. The molecule has 1 heterocycles. The molecule has 1 amide bonds. The Labute approximate surface area is 168 Å². The molecule has 0 bridgehead atoms. The predicted octanol–water partition coefficient (Wildman–Crippen LogP) is 4.84. The highest BCUT2D eigenvalue weighted by Crippen LogP contribution is 2.21. The monoisotopic (exact) mass is 399 g/mol. The van der Waals surface area contributed by atoms with Crippen molar-refractivity contribution in [2.75, 3.05) is 13.2 Å². The molecule has 0 aliphatic heterocycles. The van der Waals surface area contributed by atoms with Gasteiger partial charge in [0.2, 0.25) is 0 Å². The average molecular weight is 400 g/mol. The highest BCUT2D eigenvalue weighted by molar-refractivity contribution is 6.30. The van der Waals surface area contributed by atoms with Gasteiger partial charge in [0.15, 0.2) is 0 Å². The maximum absolute atomic E-state index is 11.3. The fourth-order valence-corrected chi connectivity index (χ4v) is 2.96. The molecular weight excluding hydrogens is 378 g/mol. The first-order valence-electron chi connectivity index (χ1n) is 9.09. The van der Waals surface area contributed by atoms with Crippen LogP contribution < -0.4 is 10.2 Å². The summed E-state index contributed by atoms with van der Waals surface area (Å²) in [5.41, 5.74) is 4.38. The Balaban J connectivity index is 1.62. The summed E-state index contributed by atoms with van der Waals surface area (Å²) in [5.74, 6) is 0.805. The Morgan fingerprint density at radius 3 is 2.79 bits per heavy atom. The summed E-state index contributed by atoms with van der Waals surface area (Å²) in [4.78, 5) is 11.3. The van der Waals surface area contributed by atoms with E-state index >= 15 is 0 Å². The Bertz CT molecular complexity index is 951. The van der Waals surface area contributed by atoms with Crippen molar-refractivity contribution in [2.45, 2.75) is 19.9 Å². The van der Waals surface area contributed by atoms with Gasteiger partial charge in [-0.3, -0.25) is 0 Å². The van der Waals surface area contributed by atoms with Crippen LogP contribution in [-0.4, -0.2) is 30.1 Å². The molecular formula is C21H22ClN3O3. The zero-order valence-electron chi connectivity index (χ0n) is 15.6. The van der Waals surface area contributed by atoms with Gasteiger partial charge in [-0.1, -0.05) is 29.8 Å². The molecule has 0 aliphatic rings. The van der Waals surface area contributed by atoms with Crippen LogP contribution in [0.5, 0.6) is 5.75 Å². The van der Waals surface area contributed by atoms with Gasteiger partial charge in [0.1, 0.15) is 5.75 Å². The minimum Gasteiger partial charge on any atom is -0.494 e. The highest BCUT2D eigenvalue weighted by Gasteiger charge is 2.07. The van der Waals surface area contributed by atoms with Crippen LogP contribution in [-0.2, 0) is 11.3 Å². The Morgan fingerprint density at radius 2 is 2.00 bits per heavy atom. The molecule has 0 aliphatic carbocycles. The second-order valence-electron chi connectivity index (χ2n) is 6.04. The SMILES string of the molecule is CCOC(=O)N/N=C/c1cn(CCCOc2ccc(Cl)cc2)c2ccccc12. The Morgan fingerprint density at radius 1 is 1.21 bits per heavy atom. The van der Waals surface area contributed by atoms with E-state index in [0.29, 0.717) is 18.2 Å². The minimum absolute atomic E-state index is 0.304. The fraction of sp³-hybridized carbons (Fsp3) is 0.238. The summed E-state index contributed by atoms with van der Waals surface area (Å²) in [7, 11) is 0.